The SMILES string of the molecule is CS(=O)(=O)c1ccc(S(=O)(=O)N(Cc2ccc(C(=O)NC3(c4ccccc4)CC3)cc2)Cc2ccccn2)cc1. The van der Waals surface area contributed by atoms with Crippen LogP contribution >= 0.6 is 0 Å². The van der Waals surface area contributed by atoms with E-state index >= 15 is 0 Å². The van der Waals surface area contributed by atoms with Gasteiger partial charge in [-0.1, -0.05) is 48.5 Å². The molecule has 0 aliphatic heterocycles. The molecule has 8 nitrogen and oxygen atoms in total. The summed E-state index contributed by atoms with van der Waals surface area (Å²) in [6.07, 6.45) is 4.43. The van der Waals surface area contributed by atoms with Crippen LogP contribution in [0.1, 0.15) is 40.0 Å². The van der Waals surface area contributed by atoms with Crippen LogP contribution in [-0.2, 0) is 38.5 Å². The zero-order chi connectivity index (χ0) is 28.4. The number of rotatable bonds is 10. The van der Waals surface area contributed by atoms with Crippen LogP contribution in [0.3, 0.4) is 0 Å². The predicted octanol–water partition coefficient (Wildman–Crippen LogP) is 4.30. The Morgan fingerprint density at radius 3 is 2.00 bits per heavy atom. The first-order chi connectivity index (χ1) is 19.1. The van der Waals surface area contributed by atoms with Crippen molar-refractivity contribution in [1.29, 1.82) is 0 Å². The second-order valence-corrected chi connectivity index (χ2v) is 13.9. The Morgan fingerprint density at radius 2 is 1.43 bits per heavy atom. The minimum absolute atomic E-state index is 0.0127. The maximum atomic E-state index is 13.7. The van der Waals surface area contributed by atoms with Crippen LogP contribution in [0.25, 0.3) is 0 Å². The standard InChI is InChI=1S/C30H29N3O5S2/c1-39(35,36)27-14-16-28(17-15-27)40(37,38)33(22-26-9-5-6-20-31-26)21-23-10-12-24(13-11-23)29(34)32-30(18-19-30)25-7-3-2-4-8-25/h2-17,20H,18-19,21-22H2,1H3,(H,32,34). The molecular formula is C30H29N3O5S2. The van der Waals surface area contributed by atoms with Crippen LogP contribution in [0.4, 0.5) is 0 Å². The average Bonchev–Trinajstić information content (AvgIpc) is 3.74. The van der Waals surface area contributed by atoms with Crippen molar-refractivity contribution < 1.29 is 21.6 Å². The van der Waals surface area contributed by atoms with Crippen molar-refractivity contribution in [3.05, 3.63) is 126 Å². The second-order valence-electron chi connectivity index (χ2n) is 9.94. The van der Waals surface area contributed by atoms with Crippen LogP contribution in [0.15, 0.2) is 113 Å². The number of nitrogens with one attached hydrogen (secondary N) is 1. The van der Waals surface area contributed by atoms with Crippen LogP contribution < -0.4 is 5.32 Å². The molecule has 1 saturated carbocycles. The van der Waals surface area contributed by atoms with Gasteiger partial charge in [-0.2, -0.15) is 4.31 Å². The predicted molar refractivity (Wildman–Crippen MR) is 151 cm³/mol. The molecule has 40 heavy (non-hydrogen) atoms. The number of amides is 1. The number of benzene rings is 3. The summed E-state index contributed by atoms with van der Waals surface area (Å²) in [5.74, 6) is -0.183. The fraction of sp³-hybridized carbons (Fsp3) is 0.200. The van der Waals surface area contributed by atoms with E-state index in [1.165, 1.54) is 28.6 Å². The van der Waals surface area contributed by atoms with Gasteiger partial charge in [0.15, 0.2) is 9.84 Å². The highest BCUT2D eigenvalue weighted by atomic mass is 32.2. The molecule has 3 aromatic carbocycles. The van der Waals surface area contributed by atoms with E-state index in [-0.39, 0.29) is 34.3 Å². The number of carbonyl (C=O) groups excluding carboxylic acids is 1. The van der Waals surface area contributed by atoms with E-state index in [1.54, 1.807) is 48.7 Å². The molecule has 0 bridgehead atoms. The smallest absolute Gasteiger partial charge is 0.251 e. The third-order valence-electron chi connectivity index (χ3n) is 6.96. The Bertz CT molecular complexity index is 1700. The van der Waals surface area contributed by atoms with Crippen LogP contribution in [0.5, 0.6) is 0 Å². The van der Waals surface area contributed by atoms with Gasteiger partial charge in [-0.15, -0.1) is 0 Å². The normalized spacial score (nSPS) is 14.6. The van der Waals surface area contributed by atoms with Gasteiger partial charge in [0.25, 0.3) is 5.91 Å². The Kier molecular flexibility index (Phi) is 7.59. The van der Waals surface area contributed by atoms with Gasteiger partial charge < -0.3 is 5.32 Å². The molecule has 10 heteroatoms. The van der Waals surface area contributed by atoms with Gasteiger partial charge in [0.1, 0.15) is 0 Å². The summed E-state index contributed by atoms with van der Waals surface area (Å²) >= 11 is 0. The van der Waals surface area contributed by atoms with Gasteiger partial charge in [-0.3, -0.25) is 9.78 Å². The molecule has 1 aliphatic rings. The Morgan fingerprint density at radius 1 is 0.800 bits per heavy atom. The van der Waals surface area contributed by atoms with Crippen molar-refractivity contribution in [1.82, 2.24) is 14.6 Å². The fourth-order valence-electron chi connectivity index (χ4n) is 4.53. The van der Waals surface area contributed by atoms with Gasteiger partial charge in [0.05, 0.1) is 27.6 Å². The zero-order valence-corrected chi connectivity index (χ0v) is 23.5. The first kappa shape index (κ1) is 27.7. The van der Waals surface area contributed by atoms with E-state index in [0.29, 0.717) is 16.8 Å². The summed E-state index contributed by atoms with van der Waals surface area (Å²) in [5.41, 5.74) is 2.48. The van der Waals surface area contributed by atoms with Crippen molar-refractivity contribution in [2.45, 2.75) is 41.3 Å². The maximum absolute atomic E-state index is 13.7. The van der Waals surface area contributed by atoms with Gasteiger partial charge in [-0.05, 0) is 72.5 Å². The summed E-state index contributed by atoms with van der Waals surface area (Å²) in [6, 6.07) is 27.2. The highest BCUT2D eigenvalue weighted by Crippen LogP contribution is 2.45. The number of aromatic nitrogens is 1. The largest absolute Gasteiger partial charge is 0.343 e. The molecule has 206 valence electrons. The lowest BCUT2D eigenvalue weighted by molar-refractivity contribution is 0.0930. The Hall–Kier alpha value is -3.86. The van der Waals surface area contributed by atoms with Crippen molar-refractivity contribution in [2.24, 2.45) is 0 Å². The molecular weight excluding hydrogens is 546 g/mol. The van der Waals surface area contributed by atoms with Crippen molar-refractivity contribution in [3.8, 4) is 0 Å². The summed E-state index contributed by atoms with van der Waals surface area (Å²) in [4.78, 5) is 17.3. The number of carbonyl (C=O) groups is 1. The molecule has 0 spiro atoms. The minimum atomic E-state index is -4.01. The van der Waals surface area contributed by atoms with E-state index in [9.17, 15) is 21.6 Å². The molecule has 1 aliphatic carbocycles. The first-order valence-electron chi connectivity index (χ1n) is 12.7. The lowest BCUT2D eigenvalue weighted by Crippen LogP contribution is -2.34. The average molecular weight is 576 g/mol. The molecule has 1 N–H and O–H groups in total. The van der Waals surface area contributed by atoms with Crippen LogP contribution in [-0.4, -0.2) is 38.3 Å². The van der Waals surface area contributed by atoms with E-state index in [4.69, 9.17) is 0 Å². The summed E-state index contributed by atoms with van der Waals surface area (Å²) in [6.45, 7) is 0.0431. The zero-order valence-electron chi connectivity index (χ0n) is 21.9. The highest BCUT2D eigenvalue weighted by Gasteiger charge is 2.45. The molecule has 1 amide bonds. The lowest BCUT2D eigenvalue weighted by atomic mass is 10.0. The highest BCUT2D eigenvalue weighted by molar-refractivity contribution is 7.90. The van der Waals surface area contributed by atoms with Gasteiger partial charge in [0.2, 0.25) is 10.0 Å². The summed E-state index contributed by atoms with van der Waals surface area (Å²) in [5, 5.41) is 3.16. The van der Waals surface area contributed by atoms with Crippen molar-refractivity contribution in [3.63, 3.8) is 0 Å². The first-order valence-corrected chi connectivity index (χ1v) is 16.1. The number of hydrogen-bond acceptors (Lipinski definition) is 6. The molecule has 1 aromatic heterocycles. The maximum Gasteiger partial charge on any atom is 0.251 e. The number of nitrogens with zero attached hydrogens (tertiary/aromatic N) is 2. The number of pyridine rings is 1. The molecule has 1 fully saturated rings. The topological polar surface area (TPSA) is 114 Å². The van der Waals surface area contributed by atoms with Gasteiger partial charge in [-0.25, -0.2) is 16.8 Å². The van der Waals surface area contributed by atoms with E-state index in [2.05, 4.69) is 10.3 Å². The molecule has 0 radical (unpaired) electrons. The molecule has 0 unspecified atom stereocenters. The van der Waals surface area contributed by atoms with E-state index in [0.717, 1.165) is 24.7 Å². The number of hydrogen-bond donors (Lipinski definition) is 1. The summed E-state index contributed by atoms with van der Waals surface area (Å²) in [7, 11) is -7.48. The molecule has 1 heterocycles. The van der Waals surface area contributed by atoms with Crippen molar-refractivity contribution >= 4 is 25.8 Å². The third-order valence-corrected chi connectivity index (χ3v) is 9.89. The van der Waals surface area contributed by atoms with Crippen LogP contribution in [0.2, 0.25) is 0 Å². The third kappa shape index (κ3) is 6.14. The molecule has 4 aromatic rings. The van der Waals surface area contributed by atoms with Gasteiger partial charge >= 0.3 is 0 Å². The molecule has 0 saturated heterocycles. The van der Waals surface area contributed by atoms with E-state index in [1.807, 2.05) is 30.3 Å². The Labute approximate surface area is 234 Å². The monoisotopic (exact) mass is 575 g/mol. The van der Waals surface area contributed by atoms with Gasteiger partial charge in [0, 0.05) is 24.6 Å². The summed E-state index contributed by atoms with van der Waals surface area (Å²) < 4.78 is 52.3. The van der Waals surface area contributed by atoms with Crippen LogP contribution in [0, 0.1) is 0 Å². The van der Waals surface area contributed by atoms with Crippen molar-refractivity contribution in [2.75, 3.05) is 6.26 Å². The lowest BCUT2D eigenvalue weighted by Gasteiger charge is -2.22. The molecule has 5 rings (SSSR count). The Balaban J connectivity index is 1.36. The fourth-order valence-corrected chi connectivity index (χ4v) is 6.56. The van der Waals surface area contributed by atoms with E-state index < -0.39 is 19.9 Å². The quantitative estimate of drug-likeness (QED) is 0.302. The minimum Gasteiger partial charge on any atom is -0.343 e. The number of sulfone groups is 1. The molecule has 0 atom stereocenters. The number of sulfonamides is 1. The second kappa shape index (κ2) is 11.0.